The van der Waals surface area contributed by atoms with Crippen LogP contribution in [0.25, 0.3) is 0 Å². The minimum atomic E-state index is -2.11. The molecule has 0 unspecified atom stereocenters. The second-order valence-electron chi connectivity index (χ2n) is 3.22. The van der Waals surface area contributed by atoms with Crippen molar-refractivity contribution >= 4 is 27.0 Å². The number of hydrogen-bond acceptors (Lipinski definition) is 2. The van der Waals surface area contributed by atoms with Crippen molar-refractivity contribution < 1.29 is 8.60 Å². The van der Waals surface area contributed by atoms with Crippen molar-refractivity contribution in [2.24, 2.45) is 4.36 Å². The molecule has 1 aliphatic heterocycles. The summed E-state index contributed by atoms with van der Waals surface area (Å²) in [5.74, 6) is 0.787. The van der Waals surface area contributed by atoms with Gasteiger partial charge in [0.05, 0.1) is 20.4 Å². The molecule has 1 aliphatic rings. The molecule has 0 aliphatic carbocycles. The molecule has 0 amide bonds. The molecule has 1 aromatic rings. The fraction of sp³-hybridized carbons (Fsp3) is 0.333. The molecule has 14 heavy (non-hydrogen) atoms. The van der Waals surface area contributed by atoms with Crippen LogP contribution in [0.4, 0.5) is 10.1 Å². The topological polar surface area (TPSA) is 29.4 Å². The van der Waals surface area contributed by atoms with Gasteiger partial charge in [0.1, 0.15) is 5.82 Å². The van der Waals surface area contributed by atoms with Gasteiger partial charge in [-0.1, -0.05) is 11.6 Å². The van der Waals surface area contributed by atoms with Crippen LogP contribution >= 0.6 is 11.6 Å². The summed E-state index contributed by atoms with van der Waals surface area (Å²) in [5.41, 5.74) is 0.302. The average Bonchev–Trinajstić information content (AvgIpc) is 2.09. The molecule has 0 aromatic heterocycles. The van der Waals surface area contributed by atoms with Crippen LogP contribution in [0.3, 0.4) is 0 Å². The first-order valence-electron chi connectivity index (χ1n) is 4.27. The maximum absolute atomic E-state index is 12.8. The molecule has 5 heteroatoms. The number of benzene rings is 1. The number of halogens is 2. The SMILES string of the molecule is O=S1(=Nc2cc(F)ccc2Cl)CCC1. The average molecular weight is 234 g/mol. The van der Waals surface area contributed by atoms with Crippen molar-refractivity contribution in [3.8, 4) is 0 Å². The van der Waals surface area contributed by atoms with E-state index in [0.29, 0.717) is 22.2 Å². The summed E-state index contributed by atoms with van der Waals surface area (Å²) in [6.07, 6.45) is 0.926. The molecule has 2 rings (SSSR count). The van der Waals surface area contributed by atoms with Gasteiger partial charge in [-0.15, -0.1) is 0 Å². The molecule has 1 heterocycles. The molecule has 1 fully saturated rings. The van der Waals surface area contributed by atoms with Crippen molar-refractivity contribution in [3.05, 3.63) is 29.0 Å². The first-order chi connectivity index (χ1) is 6.59. The molecule has 0 N–H and O–H groups in total. The van der Waals surface area contributed by atoms with Crippen LogP contribution in [-0.4, -0.2) is 15.7 Å². The highest BCUT2D eigenvalue weighted by Gasteiger charge is 2.19. The summed E-state index contributed by atoms with van der Waals surface area (Å²) in [6.45, 7) is 0. The normalized spacial score (nSPS) is 18.7. The smallest absolute Gasteiger partial charge is 0.125 e. The lowest BCUT2D eigenvalue weighted by Crippen LogP contribution is -2.22. The Bertz CT molecular complexity index is 470. The second-order valence-corrected chi connectivity index (χ2v) is 6.17. The van der Waals surface area contributed by atoms with Crippen molar-refractivity contribution in [2.45, 2.75) is 6.42 Å². The summed E-state index contributed by atoms with van der Waals surface area (Å²) < 4.78 is 28.6. The molecule has 0 radical (unpaired) electrons. The summed E-state index contributed by atoms with van der Waals surface area (Å²) >= 11 is 5.80. The summed E-state index contributed by atoms with van der Waals surface area (Å²) in [7, 11) is -2.11. The van der Waals surface area contributed by atoms with Crippen molar-refractivity contribution in [2.75, 3.05) is 11.5 Å². The summed E-state index contributed by atoms with van der Waals surface area (Å²) in [5, 5.41) is 0.348. The van der Waals surface area contributed by atoms with Gasteiger partial charge in [-0.3, -0.25) is 0 Å². The monoisotopic (exact) mass is 233 g/mol. The van der Waals surface area contributed by atoms with E-state index in [1.54, 1.807) is 0 Å². The lowest BCUT2D eigenvalue weighted by molar-refractivity contribution is 0.628. The van der Waals surface area contributed by atoms with E-state index in [1.807, 2.05) is 0 Å². The lowest BCUT2D eigenvalue weighted by Gasteiger charge is -2.17. The first kappa shape index (κ1) is 9.93. The fourth-order valence-corrected chi connectivity index (χ4v) is 2.90. The van der Waals surface area contributed by atoms with Crippen LogP contribution in [-0.2, 0) is 9.73 Å². The Kier molecular flexibility index (Phi) is 2.49. The highest BCUT2D eigenvalue weighted by Crippen LogP contribution is 2.29. The van der Waals surface area contributed by atoms with Gasteiger partial charge in [0.25, 0.3) is 0 Å². The Hall–Kier alpha value is -0.610. The fourth-order valence-electron chi connectivity index (χ4n) is 1.22. The number of rotatable bonds is 1. The molecule has 0 bridgehead atoms. The Labute approximate surface area is 87.3 Å². The van der Waals surface area contributed by atoms with Crippen LogP contribution in [0.5, 0.6) is 0 Å². The Morgan fingerprint density at radius 3 is 2.71 bits per heavy atom. The highest BCUT2D eigenvalue weighted by atomic mass is 35.5. The Balaban J connectivity index is 2.47. The van der Waals surface area contributed by atoms with E-state index in [0.717, 1.165) is 6.42 Å². The van der Waals surface area contributed by atoms with Crippen LogP contribution in [0.1, 0.15) is 6.42 Å². The van der Waals surface area contributed by atoms with Gasteiger partial charge in [-0.25, -0.2) is 8.60 Å². The van der Waals surface area contributed by atoms with E-state index >= 15 is 0 Å². The van der Waals surface area contributed by atoms with E-state index in [9.17, 15) is 8.60 Å². The predicted molar refractivity (Wildman–Crippen MR) is 56.0 cm³/mol. The van der Waals surface area contributed by atoms with Crippen LogP contribution in [0.15, 0.2) is 22.6 Å². The van der Waals surface area contributed by atoms with E-state index < -0.39 is 15.5 Å². The first-order valence-corrected chi connectivity index (χ1v) is 6.50. The molecule has 2 nitrogen and oxygen atoms in total. The molecular weight excluding hydrogens is 225 g/mol. The number of nitrogens with zero attached hydrogens (tertiary/aromatic N) is 1. The van der Waals surface area contributed by atoms with Crippen molar-refractivity contribution in [1.82, 2.24) is 0 Å². The predicted octanol–water partition coefficient (Wildman–Crippen LogP) is 2.98. The highest BCUT2D eigenvalue weighted by molar-refractivity contribution is 7.95. The maximum Gasteiger partial charge on any atom is 0.125 e. The summed E-state index contributed by atoms with van der Waals surface area (Å²) in [4.78, 5) is 0. The van der Waals surface area contributed by atoms with E-state index in [1.165, 1.54) is 18.2 Å². The molecule has 76 valence electrons. The summed E-state index contributed by atoms with van der Waals surface area (Å²) in [6, 6.07) is 3.90. The van der Waals surface area contributed by atoms with Crippen LogP contribution < -0.4 is 0 Å². The van der Waals surface area contributed by atoms with Crippen molar-refractivity contribution in [1.29, 1.82) is 0 Å². The molecule has 1 aromatic carbocycles. The molecule has 0 spiro atoms. The largest absolute Gasteiger partial charge is 0.249 e. The molecular formula is C9H9ClFNOS. The zero-order chi connectivity index (χ0) is 10.2. The minimum Gasteiger partial charge on any atom is -0.249 e. The zero-order valence-electron chi connectivity index (χ0n) is 7.37. The lowest BCUT2D eigenvalue weighted by atomic mass is 10.3. The van der Waals surface area contributed by atoms with Crippen LogP contribution in [0, 0.1) is 5.82 Å². The molecule has 0 atom stereocenters. The molecule has 1 saturated heterocycles. The Morgan fingerprint density at radius 1 is 1.43 bits per heavy atom. The minimum absolute atomic E-state index is 0.302. The van der Waals surface area contributed by atoms with Gasteiger partial charge < -0.3 is 0 Å². The van der Waals surface area contributed by atoms with Gasteiger partial charge in [0, 0.05) is 17.6 Å². The zero-order valence-corrected chi connectivity index (χ0v) is 8.95. The van der Waals surface area contributed by atoms with Gasteiger partial charge in [-0.05, 0) is 18.6 Å². The Morgan fingerprint density at radius 2 is 2.14 bits per heavy atom. The quantitative estimate of drug-likeness (QED) is 0.733. The van der Waals surface area contributed by atoms with E-state index in [4.69, 9.17) is 11.6 Å². The molecule has 0 saturated carbocycles. The number of hydrogen-bond donors (Lipinski definition) is 0. The standard InChI is InChI=1S/C9H9ClFNOS/c10-8-3-2-7(11)6-9(8)12-14(13)4-1-5-14/h2-3,6H,1,4-5H2. The second kappa shape index (κ2) is 3.51. The van der Waals surface area contributed by atoms with Gasteiger partial charge >= 0.3 is 0 Å². The van der Waals surface area contributed by atoms with E-state index in [2.05, 4.69) is 4.36 Å². The van der Waals surface area contributed by atoms with Gasteiger partial charge in [0.15, 0.2) is 0 Å². The van der Waals surface area contributed by atoms with Crippen LogP contribution in [0.2, 0.25) is 5.02 Å². The van der Waals surface area contributed by atoms with Gasteiger partial charge in [0.2, 0.25) is 0 Å². The third kappa shape index (κ3) is 1.91. The maximum atomic E-state index is 12.8. The third-order valence-corrected chi connectivity index (χ3v) is 4.80. The van der Waals surface area contributed by atoms with Gasteiger partial charge in [-0.2, -0.15) is 4.36 Å². The van der Waals surface area contributed by atoms with E-state index in [-0.39, 0.29) is 0 Å². The third-order valence-electron chi connectivity index (χ3n) is 2.10. The van der Waals surface area contributed by atoms with Crippen molar-refractivity contribution in [3.63, 3.8) is 0 Å².